The summed E-state index contributed by atoms with van der Waals surface area (Å²) in [7, 11) is -3.66. The Morgan fingerprint density at radius 1 is 1.08 bits per heavy atom. The van der Waals surface area contributed by atoms with Gasteiger partial charge in [-0.05, 0) is 55.7 Å². The van der Waals surface area contributed by atoms with Crippen LogP contribution in [0.5, 0.6) is 0 Å². The third-order valence-corrected chi connectivity index (χ3v) is 6.17. The van der Waals surface area contributed by atoms with Gasteiger partial charge in [-0.3, -0.25) is 4.72 Å². The fourth-order valence-electron chi connectivity index (χ4n) is 2.93. The van der Waals surface area contributed by atoms with Gasteiger partial charge in [-0.1, -0.05) is 24.4 Å². The summed E-state index contributed by atoms with van der Waals surface area (Å²) >= 11 is 5.96. The van der Waals surface area contributed by atoms with Crippen LogP contribution < -0.4 is 9.62 Å². The lowest BCUT2D eigenvalue weighted by Gasteiger charge is -2.21. The molecule has 1 fully saturated rings. The number of nitrogens with one attached hydrogen (secondary N) is 1. The normalized spacial score (nSPS) is 15.7. The van der Waals surface area contributed by atoms with E-state index in [1.54, 1.807) is 31.3 Å². The summed E-state index contributed by atoms with van der Waals surface area (Å²) in [6.07, 6.45) is 6.43. The van der Waals surface area contributed by atoms with Crippen molar-refractivity contribution in [3.63, 3.8) is 0 Å². The minimum absolute atomic E-state index is 0.186. The summed E-state index contributed by atoms with van der Waals surface area (Å²) in [6.45, 7) is 3.78. The third-order valence-electron chi connectivity index (χ3n) is 4.37. The lowest BCUT2D eigenvalue weighted by Crippen LogP contribution is -2.24. The topological polar surface area (TPSA) is 62.3 Å². The van der Waals surface area contributed by atoms with Crippen molar-refractivity contribution in [2.75, 3.05) is 22.7 Å². The number of halogens is 1. The Hall–Kier alpha value is -1.79. The molecule has 1 aliphatic rings. The summed E-state index contributed by atoms with van der Waals surface area (Å²) < 4.78 is 27.6. The number of rotatable bonds is 4. The second-order valence-electron chi connectivity index (χ2n) is 6.32. The zero-order chi connectivity index (χ0) is 17.9. The van der Waals surface area contributed by atoms with Gasteiger partial charge in [0.1, 0.15) is 5.82 Å². The summed E-state index contributed by atoms with van der Waals surface area (Å²) in [5, 5.41) is 0.544. The van der Waals surface area contributed by atoms with E-state index in [9.17, 15) is 8.42 Å². The molecule has 25 heavy (non-hydrogen) atoms. The van der Waals surface area contributed by atoms with E-state index in [1.807, 2.05) is 6.07 Å². The molecule has 1 saturated heterocycles. The van der Waals surface area contributed by atoms with Crippen LogP contribution in [0.4, 0.5) is 11.5 Å². The molecule has 0 amide bonds. The molecule has 2 heterocycles. The fourth-order valence-corrected chi connectivity index (χ4v) is 4.18. The number of benzene rings is 1. The Morgan fingerprint density at radius 3 is 2.40 bits per heavy atom. The van der Waals surface area contributed by atoms with Crippen LogP contribution >= 0.6 is 11.6 Å². The molecule has 1 aliphatic heterocycles. The van der Waals surface area contributed by atoms with E-state index >= 15 is 0 Å². The monoisotopic (exact) mass is 379 g/mol. The molecule has 0 unspecified atom stereocenters. The molecule has 0 radical (unpaired) electrons. The van der Waals surface area contributed by atoms with Crippen LogP contribution in [0.1, 0.15) is 31.2 Å². The average molecular weight is 380 g/mol. The van der Waals surface area contributed by atoms with Crippen molar-refractivity contribution in [1.29, 1.82) is 0 Å². The van der Waals surface area contributed by atoms with Crippen molar-refractivity contribution in [3.8, 4) is 0 Å². The minimum atomic E-state index is -3.66. The zero-order valence-electron chi connectivity index (χ0n) is 14.2. The summed E-state index contributed by atoms with van der Waals surface area (Å²) in [5.41, 5.74) is 1.17. The molecule has 0 saturated carbocycles. The summed E-state index contributed by atoms with van der Waals surface area (Å²) in [4.78, 5) is 6.88. The number of anilines is 2. The van der Waals surface area contributed by atoms with Gasteiger partial charge in [-0.25, -0.2) is 13.4 Å². The van der Waals surface area contributed by atoms with Gasteiger partial charge in [0.25, 0.3) is 10.0 Å². The molecular formula is C18H22ClN3O2S. The average Bonchev–Trinajstić information content (AvgIpc) is 2.87. The van der Waals surface area contributed by atoms with Crippen LogP contribution in [0.25, 0.3) is 0 Å². The van der Waals surface area contributed by atoms with Crippen molar-refractivity contribution in [2.24, 2.45) is 0 Å². The molecule has 134 valence electrons. The number of aryl methyl sites for hydroxylation is 1. The number of aromatic nitrogens is 1. The molecule has 0 aliphatic carbocycles. The number of pyridine rings is 1. The van der Waals surface area contributed by atoms with Crippen molar-refractivity contribution < 1.29 is 8.42 Å². The maximum Gasteiger partial charge on any atom is 0.261 e. The third kappa shape index (κ3) is 4.44. The molecule has 0 bridgehead atoms. The Balaban J connectivity index is 1.74. The van der Waals surface area contributed by atoms with Crippen LogP contribution in [-0.4, -0.2) is 26.5 Å². The lowest BCUT2D eigenvalue weighted by molar-refractivity contribution is 0.601. The van der Waals surface area contributed by atoms with E-state index in [0.717, 1.165) is 24.5 Å². The van der Waals surface area contributed by atoms with Crippen molar-refractivity contribution in [3.05, 3.63) is 47.1 Å². The second kappa shape index (κ2) is 7.62. The van der Waals surface area contributed by atoms with Crippen LogP contribution in [0.3, 0.4) is 0 Å². The second-order valence-corrected chi connectivity index (χ2v) is 8.41. The Morgan fingerprint density at radius 2 is 1.80 bits per heavy atom. The fraction of sp³-hybridized carbons (Fsp3) is 0.389. The van der Waals surface area contributed by atoms with Crippen LogP contribution in [0.15, 0.2) is 41.4 Å². The van der Waals surface area contributed by atoms with Crippen molar-refractivity contribution >= 4 is 33.1 Å². The molecule has 3 rings (SSSR count). The molecule has 0 atom stereocenters. The van der Waals surface area contributed by atoms with Gasteiger partial charge in [0, 0.05) is 18.1 Å². The summed E-state index contributed by atoms with van der Waals surface area (Å²) in [5.74, 6) is 0.896. The Kier molecular flexibility index (Phi) is 5.49. The molecule has 1 aromatic carbocycles. The number of hydrogen-bond acceptors (Lipinski definition) is 4. The maximum atomic E-state index is 12.5. The highest BCUT2D eigenvalue weighted by Crippen LogP contribution is 2.23. The van der Waals surface area contributed by atoms with Gasteiger partial charge in [-0.2, -0.15) is 0 Å². The summed E-state index contributed by atoms with van der Waals surface area (Å²) in [6, 6.07) is 8.27. The molecule has 1 N–H and O–H groups in total. The first-order chi connectivity index (χ1) is 12.0. The standard InChI is InChI=1S/C18H22ClN3O2S/c1-14-12-16(7-8-17(14)19)25(23,24)21-15-6-9-18(20-13-15)22-10-4-2-3-5-11-22/h6-9,12-13,21H,2-5,10-11H2,1H3. The molecular weight excluding hydrogens is 358 g/mol. The van der Waals surface area contributed by atoms with Gasteiger partial charge in [0.15, 0.2) is 0 Å². The minimum Gasteiger partial charge on any atom is -0.357 e. The first kappa shape index (κ1) is 18.0. The Labute approximate surface area is 154 Å². The van der Waals surface area contributed by atoms with E-state index in [2.05, 4.69) is 14.6 Å². The number of nitrogens with zero attached hydrogens (tertiary/aromatic N) is 2. The highest BCUT2D eigenvalue weighted by atomic mass is 35.5. The molecule has 5 nitrogen and oxygen atoms in total. The van der Waals surface area contributed by atoms with Gasteiger partial charge >= 0.3 is 0 Å². The van der Waals surface area contributed by atoms with E-state index in [1.165, 1.54) is 31.7 Å². The maximum absolute atomic E-state index is 12.5. The quantitative estimate of drug-likeness (QED) is 0.863. The van der Waals surface area contributed by atoms with E-state index in [0.29, 0.717) is 10.7 Å². The van der Waals surface area contributed by atoms with Crippen LogP contribution in [0, 0.1) is 6.92 Å². The predicted molar refractivity (Wildman–Crippen MR) is 102 cm³/mol. The largest absolute Gasteiger partial charge is 0.357 e. The smallest absolute Gasteiger partial charge is 0.261 e. The highest BCUT2D eigenvalue weighted by Gasteiger charge is 2.16. The van der Waals surface area contributed by atoms with Gasteiger partial charge in [0.05, 0.1) is 16.8 Å². The highest BCUT2D eigenvalue weighted by molar-refractivity contribution is 7.92. The van der Waals surface area contributed by atoms with Crippen molar-refractivity contribution in [1.82, 2.24) is 4.98 Å². The number of sulfonamides is 1. The van der Waals surface area contributed by atoms with Crippen LogP contribution in [0.2, 0.25) is 5.02 Å². The van der Waals surface area contributed by atoms with Crippen molar-refractivity contribution in [2.45, 2.75) is 37.5 Å². The van der Waals surface area contributed by atoms with Gasteiger partial charge < -0.3 is 4.90 Å². The molecule has 0 spiro atoms. The van der Waals surface area contributed by atoms with Gasteiger partial charge in [-0.15, -0.1) is 0 Å². The molecule has 2 aromatic rings. The van der Waals surface area contributed by atoms with Gasteiger partial charge in [0.2, 0.25) is 0 Å². The van der Waals surface area contributed by atoms with E-state index < -0.39 is 10.0 Å². The zero-order valence-corrected chi connectivity index (χ0v) is 15.8. The number of hydrogen-bond donors (Lipinski definition) is 1. The predicted octanol–water partition coefficient (Wildman–Crippen LogP) is 4.22. The molecule has 1 aromatic heterocycles. The Bertz CT molecular complexity index is 830. The molecule has 7 heteroatoms. The van der Waals surface area contributed by atoms with E-state index in [4.69, 9.17) is 11.6 Å². The first-order valence-corrected chi connectivity index (χ1v) is 10.3. The SMILES string of the molecule is Cc1cc(S(=O)(=O)Nc2ccc(N3CCCCCC3)nc2)ccc1Cl. The lowest BCUT2D eigenvalue weighted by atomic mass is 10.2. The van der Waals surface area contributed by atoms with E-state index in [-0.39, 0.29) is 4.90 Å². The van der Waals surface area contributed by atoms with Crippen LogP contribution in [-0.2, 0) is 10.0 Å². The first-order valence-electron chi connectivity index (χ1n) is 8.46.